The molecule has 0 radical (unpaired) electrons. The molecule has 0 spiro atoms. The zero-order chi connectivity index (χ0) is 16.2. The molecule has 0 aliphatic carbocycles. The molecule has 0 unspecified atom stereocenters. The Morgan fingerprint density at radius 2 is 1.77 bits per heavy atom. The van der Waals surface area contributed by atoms with Crippen LogP contribution in [0.4, 0.5) is 25.2 Å². The predicted octanol–water partition coefficient (Wildman–Crippen LogP) is 4.26. The number of halogens is 5. The van der Waals surface area contributed by atoms with E-state index in [1.165, 1.54) is 6.07 Å². The van der Waals surface area contributed by atoms with Crippen LogP contribution in [0.25, 0.3) is 22.6 Å². The molecule has 0 bridgehead atoms. The fraction of sp³-hybridized carbons (Fsp3) is 0. The number of nitrogens with zero attached hydrogens (tertiary/aromatic N) is 3. The van der Waals surface area contributed by atoms with Crippen molar-refractivity contribution in [2.24, 2.45) is 0 Å². The molecule has 0 aliphatic rings. The number of aromatic nitrogens is 4. The fourth-order valence-electron chi connectivity index (χ4n) is 1.87. The number of benzene rings is 1. The molecular formula is C11H8F5N5S. The lowest BCUT2D eigenvalue weighted by molar-refractivity contribution is 0.364. The van der Waals surface area contributed by atoms with Gasteiger partial charge in [0.2, 0.25) is 0 Å². The molecule has 3 aromatic rings. The third-order valence-corrected chi connectivity index (χ3v) is 4.02. The number of nitrogen functional groups attached to an aromatic ring is 1. The first-order valence-electron chi connectivity index (χ1n) is 5.75. The molecule has 5 nitrogen and oxygen atoms in total. The van der Waals surface area contributed by atoms with Crippen LogP contribution in [0.5, 0.6) is 0 Å². The molecular weight excluding hydrogens is 329 g/mol. The molecule has 0 fully saturated rings. The van der Waals surface area contributed by atoms with Gasteiger partial charge in [-0.1, -0.05) is 31.6 Å². The topological polar surface area (TPSA) is 80.5 Å². The highest BCUT2D eigenvalue weighted by Crippen LogP contribution is 3.02. The summed E-state index contributed by atoms with van der Waals surface area (Å²) in [5, 5.41) is 0. The molecule has 2 aromatic heterocycles. The Kier molecular flexibility index (Phi) is 2.41. The van der Waals surface area contributed by atoms with E-state index >= 15 is 0 Å². The number of hydrogen-bond acceptors (Lipinski definition) is 4. The third kappa shape index (κ3) is 2.54. The lowest BCUT2D eigenvalue weighted by Gasteiger charge is -2.40. The second kappa shape index (κ2) is 3.66. The number of nitrogens with two attached hydrogens (primary N) is 1. The van der Waals surface area contributed by atoms with Crippen LogP contribution in [0.15, 0.2) is 35.5 Å². The van der Waals surface area contributed by atoms with Crippen molar-refractivity contribution in [3.05, 3.63) is 30.6 Å². The number of nitrogens with one attached hydrogen (secondary N) is 1. The van der Waals surface area contributed by atoms with Gasteiger partial charge in [-0.3, -0.25) is 0 Å². The van der Waals surface area contributed by atoms with Crippen molar-refractivity contribution in [2.45, 2.75) is 4.90 Å². The number of anilines is 1. The lowest BCUT2D eigenvalue weighted by atomic mass is 10.2. The standard InChI is InChI=1S/C11H8F5N5S/c12-22(13,14,15,16)7-3-1-2-6(4-7)10-20-8-9(17)18-5-19-11(8)21-10/h1-5H,(H3,17,18,19,20,21). The second-order valence-electron chi connectivity index (χ2n) is 4.54. The summed E-state index contributed by atoms with van der Waals surface area (Å²) in [5.74, 6) is -0.0153. The zero-order valence-electron chi connectivity index (χ0n) is 10.6. The van der Waals surface area contributed by atoms with E-state index in [0.29, 0.717) is 12.1 Å². The highest BCUT2D eigenvalue weighted by atomic mass is 32.5. The average Bonchev–Trinajstić information content (AvgIpc) is 2.82. The van der Waals surface area contributed by atoms with Crippen LogP contribution in [-0.2, 0) is 0 Å². The fourth-order valence-corrected chi connectivity index (χ4v) is 2.55. The molecule has 1 aromatic carbocycles. The van der Waals surface area contributed by atoms with E-state index < -0.39 is 15.1 Å². The number of imidazole rings is 1. The van der Waals surface area contributed by atoms with E-state index in [-0.39, 0.29) is 28.4 Å². The first kappa shape index (κ1) is 14.5. The second-order valence-corrected chi connectivity index (χ2v) is 6.95. The molecule has 118 valence electrons. The molecule has 2 heterocycles. The first-order chi connectivity index (χ1) is 9.94. The Bertz CT molecular complexity index is 889. The van der Waals surface area contributed by atoms with Crippen LogP contribution in [0.2, 0.25) is 0 Å². The maximum Gasteiger partial charge on any atom is 0.310 e. The van der Waals surface area contributed by atoms with Gasteiger partial charge in [-0.05, 0) is 12.1 Å². The lowest BCUT2D eigenvalue weighted by Crippen LogP contribution is -2.05. The van der Waals surface area contributed by atoms with Gasteiger partial charge in [-0.25, -0.2) is 15.0 Å². The molecule has 22 heavy (non-hydrogen) atoms. The number of rotatable bonds is 2. The average molecular weight is 337 g/mol. The van der Waals surface area contributed by atoms with Gasteiger partial charge in [0, 0.05) is 5.56 Å². The van der Waals surface area contributed by atoms with Crippen molar-refractivity contribution in [1.29, 1.82) is 0 Å². The van der Waals surface area contributed by atoms with Crippen LogP contribution >= 0.6 is 10.2 Å². The van der Waals surface area contributed by atoms with E-state index in [1.807, 2.05) is 0 Å². The van der Waals surface area contributed by atoms with Crippen molar-refractivity contribution < 1.29 is 19.4 Å². The SMILES string of the molecule is Nc1ncnc2nc(-c3cccc(S(F)(F)(F)(F)F)c3)[nH]c12. The van der Waals surface area contributed by atoms with Gasteiger partial charge in [-0.15, -0.1) is 0 Å². The Labute approximate surface area is 120 Å². The van der Waals surface area contributed by atoms with Gasteiger partial charge in [0.1, 0.15) is 22.6 Å². The summed E-state index contributed by atoms with van der Waals surface area (Å²) in [7, 11) is -9.75. The van der Waals surface area contributed by atoms with Crippen molar-refractivity contribution in [1.82, 2.24) is 19.9 Å². The summed E-state index contributed by atoms with van der Waals surface area (Å²) >= 11 is 0. The van der Waals surface area contributed by atoms with Gasteiger partial charge >= 0.3 is 10.2 Å². The molecule has 3 N–H and O–H groups in total. The molecule has 0 aliphatic heterocycles. The summed E-state index contributed by atoms with van der Waals surface area (Å²) in [6.45, 7) is 0. The summed E-state index contributed by atoms with van der Waals surface area (Å²) in [6, 6.07) is 2.75. The zero-order valence-corrected chi connectivity index (χ0v) is 11.4. The minimum Gasteiger partial charge on any atom is -0.382 e. The smallest absolute Gasteiger partial charge is 0.310 e. The minimum absolute atomic E-state index is 0.0487. The summed E-state index contributed by atoms with van der Waals surface area (Å²) < 4.78 is 64.2. The quantitative estimate of drug-likeness (QED) is 0.685. The molecule has 0 saturated carbocycles. The molecule has 0 amide bonds. The number of aromatic amines is 1. The van der Waals surface area contributed by atoms with Crippen LogP contribution in [0.3, 0.4) is 0 Å². The highest BCUT2D eigenvalue weighted by molar-refractivity contribution is 8.45. The highest BCUT2D eigenvalue weighted by Gasteiger charge is 2.65. The van der Waals surface area contributed by atoms with Crippen LogP contribution in [-0.4, -0.2) is 19.9 Å². The van der Waals surface area contributed by atoms with E-state index in [0.717, 1.165) is 12.4 Å². The maximum atomic E-state index is 12.8. The molecule has 0 saturated heterocycles. The summed E-state index contributed by atoms with van der Waals surface area (Å²) in [6.07, 6.45) is 1.13. The van der Waals surface area contributed by atoms with Crippen molar-refractivity contribution >= 4 is 27.2 Å². The summed E-state index contributed by atoms with van der Waals surface area (Å²) in [4.78, 5) is 12.0. The van der Waals surface area contributed by atoms with E-state index in [4.69, 9.17) is 5.73 Å². The number of fused-ring (bicyclic) bond motifs is 1. The van der Waals surface area contributed by atoms with Gasteiger partial charge in [0.15, 0.2) is 11.5 Å². The Balaban J connectivity index is 2.19. The van der Waals surface area contributed by atoms with Gasteiger partial charge in [-0.2, -0.15) is 0 Å². The Morgan fingerprint density at radius 1 is 1.05 bits per heavy atom. The van der Waals surface area contributed by atoms with Crippen molar-refractivity contribution in [3.8, 4) is 11.4 Å². The number of hydrogen-bond donors (Lipinski definition) is 2. The van der Waals surface area contributed by atoms with E-state index in [1.54, 1.807) is 0 Å². The summed E-state index contributed by atoms with van der Waals surface area (Å²) in [5.41, 5.74) is 5.75. The van der Waals surface area contributed by atoms with Gasteiger partial charge in [0.25, 0.3) is 0 Å². The number of H-pyrrole nitrogens is 1. The van der Waals surface area contributed by atoms with E-state index in [2.05, 4.69) is 19.9 Å². The van der Waals surface area contributed by atoms with Crippen LogP contribution < -0.4 is 5.73 Å². The predicted molar refractivity (Wildman–Crippen MR) is 72.9 cm³/mol. The van der Waals surface area contributed by atoms with E-state index in [9.17, 15) is 19.4 Å². The van der Waals surface area contributed by atoms with Crippen LogP contribution in [0.1, 0.15) is 0 Å². The Hall–Kier alpha value is -2.43. The van der Waals surface area contributed by atoms with Crippen molar-refractivity contribution in [2.75, 3.05) is 5.73 Å². The molecule has 11 heteroatoms. The maximum absolute atomic E-state index is 12.8. The third-order valence-electron chi connectivity index (χ3n) is 2.87. The van der Waals surface area contributed by atoms with Crippen LogP contribution in [0, 0.1) is 0 Å². The molecule has 0 atom stereocenters. The normalized spacial score (nSPS) is 15.5. The monoisotopic (exact) mass is 337 g/mol. The first-order valence-corrected chi connectivity index (χ1v) is 7.70. The Morgan fingerprint density at radius 3 is 2.41 bits per heavy atom. The van der Waals surface area contributed by atoms with Gasteiger partial charge < -0.3 is 10.7 Å². The molecule has 3 rings (SSSR count). The minimum atomic E-state index is -9.75. The van der Waals surface area contributed by atoms with Gasteiger partial charge in [0.05, 0.1) is 0 Å². The van der Waals surface area contributed by atoms with Crippen molar-refractivity contribution in [3.63, 3.8) is 0 Å². The largest absolute Gasteiger partial charge is 0.382 e.